The number of piperazine rings is 1. The SMILES string of the molecule is CCN1CCN(CC2C(=O)OC3CC4(C)CCCC5(CO5)C4CC32)CC1. The second-order valence-corrected chi connectivity index (χ2v) is 9.83. The van der Waals surface area contributed by atoms with E-state index in [1.54, 1.807) is 0 Å². The van der Waals surface area contributed by atoms with E-state index >= 15 is 0 Å². The Hall–Kier alpha value is -0.650. The Bertz CT molecular complexity index is 570. The van der Waals surface area contributed by atoms with Crippen LogP contribution in [0, 0.1) is 23.2 Å². The normalized spacial score (nSPS) is 48.9. The Morgan fingerprint density at radius 1 is 1.15 bits per heavy atom. The average Bonchev–Trinajstić information content (AvgIpc) is 3.33. The Morgan fingerprint density at radius 3 is 2.58 bits per heavy atom. The van der Waals surface area contributed by atoms with E-state index in [9.17, 15) is 4.79 Å². The van der Waals surface area contributed by atoms with Crippen LogP contribution in [0.3, 0.4) is 0 Å². The maximum Gasteiger partial charge on any atom is 0.310 e. The van der Waals surface area contributed by atoms with Gasteiger partial charge < -0.3 is 14.4 Å². The fourth-order valence-electron chi connectivity index (χ4n) is 6.73. The summed E-state index contributed by atoms with van der Waals surface area (Å²) in [6.07, 6.45) is 6.10. The zero-order valence-electron chi connectivity index (χ0n) is 16.4. The number of rotatable bonds is 3. The number of hydrogen-bond acceptors (Lipinski definition) is 5. The summed E-state index contributed by atoms with van der Waals surface area (Å²) in [6.45, 7) is 12.1. The van der Waals surface area contributed by atoms with Gasteiger partial charge in [0, 0.05) is 38.6 Å². The van der Waals surface area contributed by atoms with Crippen molar-refractivity contribution in [1.82, 2.24) is 9.80 Å². The van der Waals surface area contributed by atoms with Crippen LogP contribution in [0.2, 0.25) is 0 Å². The number of ether oxygens (including phenoxy) is 2. The fourth-order valence-corrected chi connectivity index (χ4v) is 6.73. The molecule has 0 aromatic carbocycles. The zero-order valence-corrected chi connectivity index (χ0v) is 16.4. The minimum atomic E-state index is 0.0749. The van der Waals surface area contributed by atoms with E-state index < -0.39 is 0 Å². The van der Waals surface area contributed by atoms with Gasteiger partial charge in [0.25, 0.3) is 0 Å². The maximum absolute atomic E-state index is 12.7. The smallest absolute Gasteiger partial charge is 0.310 e. The summed E-state index contributed by atoms with van der Waals surface area (Å²) < 4.78 is 12.0. The quantitative estimate of drug-likeness (QED) is 0.569. The van der Waals surface area contributed by atoms with E-state index in [-0.39, 0.29) is 23.6 Å². The Morgan fingerprint density at radius 2 is 1.88 bits per heavy atom. The molecule has 26 heavy (non-hydrogen) atoms. The van der Waals surface area contributed by atoms with Crippen molar-refractivity contribution in [3.05, 3.63) is 0 Å². The number of carbonyl (C=O) groups is 1. The molecule has 3 saturated heterocycles. The molecule has 3 aliphatic heterocycles. The molecular formula is C21H34N2O3. The largest absolute Gasteiger partial charge is 0.462 e. The molecule has 5 fully saturated rings. The van der Waals surface area contributed by atoms with Gasteiger partial charge in [0.2, 0.25) is 0 Å². The number of fused-ring (bicyclic) bond motifs is 3. The van der Waals surface area contributed by atoms with Crippen molar-refractivity contribution < 1.29 is 14.3 Å². The summed E-state index contributed by atoms with van der Waals surface area (Å²) in [5.41, 5.74) is 0.457. The standard InChI is InChI=1S/C21H34N2O3/c1-3-22-7-9-23(10-8-22)13-16-15-11-18-20(2,12-17(15)26-19(16)24)5-4-6-21(18)14-25-21/h15-18H,3-14H2,1-2H3. The second-order valence-electron chi connectivity index (χ2n) is 9.83. The zero-order chi connectivity index (χ0) is 17.9. The van der Waals surface area contributed by atoms with E-state index in [1.807, 2.05) is 0 Å². The molecular weight excluding hydrogens is 328 g/mol. The molecule has 1 spiro atoms. The summed E-state index contributed by atoms with van der Waals surface area (Å²) >= 11 is 0. The molecule has 0 bridgehead atoms. The van der Waals surface area contributed by atoms with E-state index in [0.717, 1.165) is 58.7 Å². The third kappa shape index (κ3) is 2.73. The fraction of sp³-hybridized carbons (Fsp3) is 0.952. The van der Waals surface area contributed by atoms with Gasteiger partial charge in [-0.1, -0.05) is 13.8 Å². The molecule has 5 aliphatic rings. The molecule has 0 aromatic rings. The number of likely N-dealkylation sites (N-methyl/N-ethyl adjacent to an activating group) is 1. The van der Waals surface area contributed by atoms with Gasteiger partial charge in [-0.15, -0.1) is 0 Å². The Labute approximate surface area is 157 Å². The highest BCUT2D eigenvalue weighted by Gasteiger charge is 2.65. The van der Waals surface area contributed by atoms with Crippen molar-refractivity contribution in [2.24, 2.45) is 23.2 Å². The highest BCUT2D eigenvalue weighted by molar-refractivity contribution is 5.75. The number of hydrogen-bond donors (Lipinski definition) is 0. The van der Waals surface area contributed by atoms with Crippen LogP contribution in [-0.4, -0.2) is 73.3 Å². The number of epoxide rings is 1. The predicted octanol–water partition coefficient (Wildman–Crippen LogP) is 2.15. The van der Waals surface area contributed by atoms with Crippen LogP contribution in [0.1, 0.15) is 46.0 Å². The molecule has 146 valence electrons. The first kappa shape index (κ1) is 17.4. The number of carbonyl (C=O) groups excluding carboxylic acids is 1. The van der Waals surface area contributed by atoms with E-state index in [2.05, 4.69) is 23.6 Å². The number of esters is 1. The van der Waals surface area contributed by atoms with Crippen LogP contribution >= 0.6 is 0 Å². The van der Waals surface area contributed by atoms with Crippen molar-refractivity contribution in [1.29, 1.82) is 0 Å². The van der Waals surface area contributed by atoms with Crippen molar-refractivity contribution in [3.63, 3.8) is 0 Å². The summed E-state index contributed by atoms with van der Waals surface area (Å²) in [7, 11) is 0. The molecule has 0 N–H and O–H groups in total. The molecule has 0 amide bonds. The molecule has 5 heteroatoms. The van der Waals surface area contributed by atoms with Gasteiger partial charge in [-0.3, -0.25) is 9.69 Å². The molecule has 6 unspecified atom stereocenters. The molecule has 0 aromatic heterocycles. The molecule has 6 atom stereocenters. The van der Waals surface area contributed by atoms with Gasteiger partial charge in [-0.2, -0.15) is 0 Å². The Kier molecular flexibility index (Phi) is 4.15. The van der Waals surface area contributed by atoms with E-state index in [1.165, 1.54) is 19.3 Å². The summed E-state index contributed by atoms with van der Waals surface area (Å²) in [4.78, 5) is 17.7. The lowest BCUT2D eigenvalue weighted by atomic mass is 9.53. The predicted molar refractivity (Wildman–Crippen MR) is 98.8 cm³/mol. The lowest BCUT2D eigenvalue weighted by Crippen LogP contribution is -2.52. The van der Waals surface area contributed by atoms with Gasteiger partial charge in [-0.05, 0) is 50.0 Å². The van der Waals surface area contributed by atoms with Crippen LogP contribution in [0.25, 0.3) is 0 Å². The third-order valence-electron chi connectivity index (χ3n) is 8.45. The van der Waals surface area contributed by atoms with Gasteiger partial charge >= 0.3 is 5.97 Å². The molecule has 3 heterocycles. The highest BCUT2D eigenvalue weighted by atomic mass is 16.6. The van der Waals surface area contributed by atoms with Crippen LogP contribution in [-0.2, 0) is 14.3 Å². The first-order valence-corrected chi connectivity index (χ1v) is 10.8. The monoisotopic (exact) mass is 362 g/mol. The van der Waals surface area contributed by atoms with Gasteiger partial charge in [0.1, 0.15) is 6.10 Å². The van der Waals surface area contributed by atoms with E-state index in [0.29, 0.717) is 17.3 Å². The van der Waals surface area contributed by atoms with Crippen LogP contribution in [0.4, 0.5) is 0 Å². The lowest BCUT2D eigenvalue weighted by Gasteiger charge is -2.51. The van der Waals surface area contributed by atoms with Crippen molar-refractivity contribution in [2.75, 3.05) is 45.9 Å². The van der Waals surface area contributed by atoms with E-state index in [4.69, 9.17) is 9.47 Å². The maximum atomic E-state index is 12.7. The third-order valence-corrected chi connectivity index (χ3v) is 8.45. The average molecular weight is 363 g/mol. The van der Waals surface area contributed by atoms with Crippen LogP contribution in [0.5, 0.6) is 0 Å². The van der Waals surface area contributed by atoms with Crippen molar-refractivity contribution in [3.8, 4) is 0 Å². The molecule has 5 rings (SSSR count). The summed E-state index contributed by atoms with van der Waals surface area (Å²) in [5, 5.41) is 0. The minimum Gasteiger partial charge on any atom is -0.462 e. The second kappa shape index (κ2) is 6.18. The van der Waals surface area contributed by atoms with Crippen LogP contribution in [0.15, 0.2) is 0 Å². The van der Waals surface area contributed by atoms with Gasteiger partial charge in [0.15, 0.2) is 0 Å². The molecule has 5 nitrogen and oxygen atoms in total. The summed E-state index contributed by atoms with van der Waals surface area (Å²) in [6, 6.07) is 0. The molecule has 0 radical (unpaired) electrons. The lowest BCUT2D eigenvalue weighted by molar-refractivity contribution is -0.147. The highest BCUT2D eigenvalue weighted by Crippen LogP contribution is 2.62. The van der Waals surface area contributed by atoms with Gasteiger partial charge in [0.05, 0.1) is 18.1 Å². The molecule has 2 aliphatic carbocycles. The number of nitrogens with zero attached hydrogens (tertiary/aromatic N) is 2. The summed E-state index contributed by atoms with van der Waals surface area (Å²) in [5.74, 6) is 1.18. The molecule has 2 saturated carbocycles. The minimum absolute atomic E-state index is 0.0749. The topological polar surface area (TPSA) is 45.3 Å². The first-order valence-electron chi connectivity index (χ1n) is 10.8. The van der Waals surface area contributed by atoms with Gasteiger partial charge in [-0.25, -0.2) is 0 Å². The van der Waals surface area contributed by atoms with Crippen LogP contribution < -0.4 is 0 Å². The first-order chi connectivity index (χ1) is 12.5. The Balaban J connectivity index is 1.30. The van der Waals surface area contributed by atoms with Crippen molar-refractivity contribution >= 4 is 5.97 Å². The van der Waals surface area contributed by atoms with Crippen molar-refractivity contribution in [2.45, 2.75) is 57.7 Å².